The summed E-state index contributed by atoms with van der Waals surface area (Å²) >= 11 is 1.68. The quantitative estimate of drug-likeness (QED) is 0.664. The van der Waals surface area contributed by atoms with Gasteiger partial charge in [0.15, 0.2) is 5.65 Å². The molecule has 0 saturated carbocycles. The summed E-state index contributed by atoms with van der Waals surface area (Å²) in [7, 11) is 0. The van der Waals surface area contributed by atoms with Crippen molar-refractivity contribution < 1.29 is 0 Å². The summed E-state index contributed by atoms with van der Waals surface area (Å²) in [5, 5.41) is 10.6. The fraction of sp³-hybridized carbons (Fsp3) is 0.438. The molecule has 21 heavy (non-hydrogen) atoms. The molecule has 2 aromatic heterocycles. The van der Waals surface area contributed by atoms with Gasteiger partial charge in [0, 0.05) is 17.7 Å². The number of aromatic nitrogens is 4. The number of aryl methyl sites for hydroxylation is 1. The number of hydrogen-bond acceptors (Lipinski definition) is 4. The maximum atomic E-state index is 4.76. The lowest BCUT2D eigenvalue weighted by atomic mass is 10.2. The Morgan fingerprint density at radius 2 is 2.00 bits per heavy atom. The molecule has 2 heterocycles. The van der Waals surface area contributed by atoms with Gasteiger partial charge in [0.25, 0.3) is 0 Å². The van der Waals surface area contributed by atoms with Gasteiger partial charge >= 0.3 is 0 Å². The highest BCUT2D eigenvalue weighted by Crippen LogP contribution is 2.27. The molecule has 4 nitrogen and oxygen atoms in total. The van der Waals surface area contributed by atoms with Crippen LogP contribution in [0.2, 0.25) is 0 Å². The van der Waals surface area contributed by atoms with Gasteiger partial charge in [-0.25, -0.2) is 4.98 Å². The Balaban J connectivity index is 2.14. The number of nitrogens with zero attached hydrogens (tertiary/aromatic N) is 4. The molecule has 0 amide bonds. The van der Waals surface area contributed by atoms with E-state index in [4.69, 9.17) is 4.98 Å². The van der Waals surface area contributed by atoms with Crippen LogP contribution in [-0.4, -0.2) is 25.5 Å². The first kappa shape index (κ1) is 14.3. The van der Waals surface area contributed by atoms with Crippen molar-refractivity contribution >= 4 is 33.8 Å². The molecule has 0 aliphatic carbocycles. The zero-order valence-corrected chi connectivity index (χ0v) is 13.5. The van der Waals surface area contributed by atoms with E-state index in [9.17, 15) is 0 Å². The number of hydrogen-bond donors (Lipinski definition) is 0. The van der Waals surface area contributed by atoms with Crippen LogP contribution in [0.4, 0.5) is 0 Å². The third-order valence-corrected chi connectivity index (χ3v) is 4.61. The molecule has 3 rings (SSSR count). The minimum atomic E-state index is 0.621. The van der Waals surface area contributed by atoms with Crippen molar-refractivity contribution in [3.8, 4) is 0 Å². The summed E-state index contributed by atoms with van der Waals surface area (Å²) in [6.07, 6.45) is 1.08. The van der Waals surface area contributed by atoms with Gasteiger partial charge in [-0.15, -0.1) is 10.2 Å². The molecule has 0 radical (unpaired) electrons. The van der Waals surface area contributed by atoms with Crippen LogP contribution in [0.1, 0.15) is 27.2 Å². The van der Waals surface area contributed by atoms with Crippen molar-refractivity contribution in [2.75, 3.05) is 5.75 Å². The highest BCUT2D eigenvalue weighted by molar-refractivity contribution is 7.99. The Hall–Kier alpha value is -1.62. The maximum Gasteiger partial charge on any atom is 0.211 e. The molecule has 0 saturated heterocycles. The zero-order valence-electron chi connectivity index (χ0n) is 12.7. The average molecular weight is 300 g/mol. The van der Waals surface area contributed by atoms with E-state index in [-0.39, 0.29) is 0 Å². The van der Waals surface area contributed by atoms with Gasteiger partial charge in [-0.2, -0.15) is 0 Å². The summed E-state index contributed by atoms with van der Waals surface area (Å²) in [5.41, 5.74) is 3.06. The highest BCUT2D eigenvalue weighted by Gasteiger charge is 2.14. The molecular formula is C16H20N4S. The van der Waals surface area contributed by atoms with Gasteiger partial charge in [-0.1, -0.05) is 50.7 Å². The van der Waals surface area contributed by atoms with Crippen molar-refractivity contribution in [3.63, 3.8) is 0 Å². The van der Waals surface area contributed by atoms with Gasteiger partial charge in [0.1, 0.15) is 5.52 Å². The standard InChI is InChI=1S/C16H20N4S/c1-4-9-20-13-8-6-5-7-12(13)14-15(20)17-16(19-18-14)21-10-11(2)3/h5-8,11H,4,9-10H2,1-3H3. The number of para-hydroxylation sites is 1. The predicted molar refractivity (Wildman–Crippen MR) is 88.7 cm³/mol. The lowest BCUT2D eigenvalue weighted by molar-refractivity contribution is 0.708. The fourth-order valence-corrected chi connectivity index (χ4v) is 3.17. The Morgan fingerprint density at radius 3 is 2.76 bits per heavy atom. The first-order valence-corrected chi connectivity index (χ1v) is 8.43. The van der Waals surface area contributed by atoms with E-state index in [1.54, 1.807) is 11.8 Å². The largest absolute Gasteiger partial charge is 0.324 e. The van der Waals surface area contributed by atoms with Gasteiger partial charge in [0.05, 0.1) is 5.52 Å². The number of benzene rings is 1. The second-order valence-electron chi connectivity index (χ2n) is 5.64. The average Bonchev–Trinajstić information content (AvgIpc) is 2.80. The van der Waals surface area contributed by atoms with E-state index in [0.29, 0.717) is 5.92 Å². The summed E-state index contributed by atoms with van der Waals surface area (Å²) in [5.74, 6) is 1.64. The first-order chi connectivity index (χ1) is 10.2. The molecule has 0 N–H and O–H groups in total. The third kappa shape index (κ3) is 2.75. The Labute approximate surface area is 129 Å². The monoisotopic (exact) mass is 300 g/mol. The molecule has 0 aliphatic heterocycles. The molecule has 0 unspecified atom stereocenters. The van der Waals surface area contributed by atoms with E-state index in [1.807, 2.05) is 6.07 Å². The number of rotatable bonds is 5. The molecule has 0 aliphatic rings. The second kappa shape index (κ2) is 6.02. The lowest BCUT2D eigenvalue weighted by Crippen LogP contribution is -2.01. The third-order valence-electron chi connectivity index (χ3n) is 3.35. The minimum absolute atomic E-state index is 0.621. The summed E-state index contributed by atoms with van der Waals surface area (Å²) in [6, 6.07) is 8.34. The molecule has 0 spiro atoms. The van der Waals surface area contributed by atoms with Crippen LogP contribution in [0.25, 0.3) is 22.1 Å². The molecule has 0 fully saturated rings. The van der Waals surface area contributed by atoms with Crippen LogP contribution in [0.3, 0.4) is 0 Å². The molecule has 5 heteroatoms. The van der Waals surface area contributed by atoms with E-state index >= 15 is 0 Å². The molecule has 0 atom stereocenters. The van der Waals surface area contributed by atoms with Crippen LogP contribution in [0.5, 0.6) is 0 Å². The Morgan fingerprint density at radius 1 is 1.19 bits per heavy atom. The van der Waals surface area contributed by atoms with Crippen molar-refractivity contribution in [1.82, 2.24) is 19.7 Å². The summed E-state index contributed by atoms with van der Waals surface area (Å²) in [6.45, 7) is 7.54. The maximum absolute atomic E-state index is 4.76. The zero-order chi connectivity index (χ0) is 14.8. The normalized spacial score (nSPS) is 11.8. The summed E-state index contributed by atoms with van der Waals surface area (Å²) in [4.78, 5) is 4.76. The highest BCUT2D eigenvalue weighted by atomic mass is 32.2. The van der Waals surface area contributed by atoms with Crippen molar-refractivity contribution in [2.45, 2.75) is 38.9 Å². The van der Waals surface area contributed by atoms with E-state index in [2.05, 4.69) is 53.7 Å². The lowest BCUT2D eigenvalue weighted by Gasteiger charge is -2.05. The Bertz CT molecular complexity index is 763. The van der Waals surface area contributed by atoms with Crippen molar-refractivity contribution in [3.05, 3.63) is 24.3 Å². The van der Waals surface area contributed by atoms with Gasteiger partial charge in [-0.3, -0.25) is 0 Å². The molecule has 3 aromatic rings. The van der Waals surface area contributed by atoms with E-state index in [1.165, 1.54) is 5.52 Å². The number of thioether (sulfide) groups is 1. The fourth-order valence-electron chi connectivity index (χ4n) is 2.44. The van der Waals surface area contributed by atoms with Crippen LogP contribution in [-0.2, 0) is 6.54 Å². The minimum Gasteiger partial charge on any atom is -0.324 e. The van der Waals surface area contributed by atoms with E-state index < -0.39 is 0 Å². The van der Waals surface area contributed by atoms with Gasteiger partial charge in [-0.05, 0) is 18.4 Å². The van der Waals surface area contributed by atoms with Crippen LogP contribution < -0.4 is 0 Å². The van der Waals surface area contributed by atoms with Crippen LogP contribution in [0.15, 0.2) is 29.4 Å². The molecule has 0 bridgehead atoms. The van der Waals surface area contributed by atoms with Crippen molar-refractivity contribution in [2.24, 2.45) is 5.92 Å². The SMILES string of the molecule is CCCn1c2ccccc2c2nnc(SCC(C)C)nc21. The summed E-state index contributed by atoms with van der Waals surface area (Å²) < 4.78 is 2.26. The van der Waals surface area contributed by atoms with Gasteiger partial charge < -0.3 is 4.57 Å². The second-order valence-corrected chi connectivity index (χ2v) is 6.63. The smallest absolute Gasteiger partial charge is 0.211 e. The van der Waals surface area contributed by atoms with Gasteiger partial charge in [0.2, 0.25) is 5.16 Å². The topological polar surface area (TPSA) is 43.6 Å². The van der Waals surface area contributed by atoms with E-state index in [0.717, 1.165) is 40.4 Å². The number of fused-ring (bicyclic) bond motifs is 3. The van der Waals surface area contributed by atoms with Crippen molar-refractivity contribution in [1.29, 1.82) is 0 Å². The predicted octanol–water partition coefficient (Wildman–Crippen LogP) is 4.14. The molecule has 110 valence electrons. The molecule has 1 aromatic carbocycles. The Kier molecular flexibility index (Phi) is 4.10. The van der Waals surface area contributed by atoms with Crippen LogP contribution in [0, 0.1) is 5.92 Å². The first-order valence-electron chi connectivity index (χ1n) is 7.45. The molecular weight excluding hydrogens is 280 g/mol. The van der Waals surface area contributed by atoms with Crippen LogP contribution >= 0.6 is 11.8 Å².